The molecule has 1 aromatic carbocycles. The average molecular weight is 197 g/mol. The maximum absolute atomic E-state index is 12.9. The van der Waals surface area contributed by atoms with Crippen LogP contribution in [0.1, 0.15) is 32.4 Å². The van der Waals surface area contributed by atoms with Crippen LogP contribution < -0.4 is 5.73 Å². The first-order valence-corrected chi connectivity index (χ1v) is 4.56. The Kier molecular flexibility index (Phi) is 2.81. The van der Waals surface area contributed by atoms with E-state index in [1.807, 2.05) is 20.8 Å². The molecule has 0 aliphatic heterocycles. The molecular weight excluding hydrogens is 181 g/mol. The van der Waals surface area contributed by atoms with E-state index in [9.17, 15) is 9.50 Å². The maximum atomic E-state index is 12.9. The Balaban J connectivity index is 3.12. The molecule has 0 bridgehead atoms. The first kappa shape index (κ1) is 11.0. The summed E-state index contributed by atoms with van der Waals surface area (Å²) >= 11 is 0. The zero-order chi connectivity index (χ0) is 10.9. The van der Waals surface area contributed by atoms with Crippen molar-refractivity contribution in [2.24, 2.45) is 11.1 Å². The highest BCUT2D eigenvalue weighted by Crippen LogP contribution is 2.35. The van der Waals surface area contributed by atoms with Crippen molar-refractivity contribution >= 4 is 0 Å². The van der Waals surface area contributed by atoms with Crippen LogP contribution in [0.2, 0.25) is 0 Å². The maximum Gasteiger partial charge on any atom is 0.123 e. The van der Waals surface area contributed by atoms with Gasteiger partial charge in [-0.3, -0.25) is 0 Å². The van der Waals surface area contributed by atoms with Gasteiger partial charge in [-0.15, -0.1) is 0 Å². The average Bonchev–Trinajstić information content (AvgIpc) is 2.06. The van der Waals surface area contributed by atoms with Gasteiger partial charge in [0.25, 0.3) is 0 Å². The molecule has 1 atom stereocenters. The van der Waals surface area contributed by atoms with Gasteiger partial charge in [-0.25, -0.2) is 4.39 Å². The quantitative estimate of drug-likeness (QED) is 0.726. The molecule has 1 aromatic rings. The largest absolute Gasteiger partial charge is 0.508 e. The van der Waals surface area contributed by atoms with E-state index in [2.05, 4.69) is 0 Å². The summed E-state index contributed by atoms with van der Waals surface area (Å²) in [6.45, 7) is 5.84. The topological polar surface area (TPSA) is 46.2 Å². The molecule has 0 fully saturated rings. The monoisotopic (exact) mass is 197 g/mol. The summed E-state index contributed by atoms with van der Waals surface area (Å²) in [6.07, 6.45) is 0. The second-order valence-electron chi connectivity index (χ2n) is 4.55. The molecule has 0 radical (unpaired) electrons. The van der Waals surface area contributed by atoms with E-state index >= 15 is 0 Å². The van der Waals surface area contributed by atoms with E-state index in [-0.39, 0.29) is 23.0 Å². The van der Waals surface area contributed by atoms with Gasteiger partial charge in [-0.05, 0) is 23.6 Å². The van der Waals surface area contributed by atoms with Gasteiger partial charge in [-0.2, -0.15) is 0 Å². The van der Waals surface area contributed by atoms with Crippen molar-refractivity contribution in [3.8, 4) is 5.75 Å². The fourth-order valence-corrected chi connectivity index (χ4v) is 1.24. The second kappa shape index (κ2) is 3.58. The fourth-order valence-electron chi connectivity index (χ4n) is 1.24. The van der Waals surface area contributed by atoms with Crippen molar-refractivity contribution in [3.63, 3.8) is 0 Å². The standard InChI is InChI=1S/C11H16FNO/c1-11(2,3)10(13)8-6-7(12)4-5-9(8)14/h4-6,10,14H,13H2,1-3H3. The minimum absolute atomic E-state index is 0.0498. The van der Waals surface area contributed by atoms with Gasteiger partial charge < -0.3 is 10.8 Å². The number of halogens is 1. The molecule has 3 heteroatoms. The summed E-state index contributed by atoms with van der Waals surface area (Å²) in [5.41, 5.74) is 6.17. The van der Waals surface area contributed by atoms with Crippen LogP contribution in [0.5, 0.6) is 5.75 Å². The molecule has 1 unspecified atom stereocenters. The third kappa shape index (κ3) is 2.23. The summed E-state index contributed by atoms with van der Waals surface area (Å²) < 4.78 is 12.9. The van der Waals surface area contributed by atoms with Crippen molar-refractivity contribution in [3.05, 3.63) is 29.6 Å². The molecule has 14 heavy (non-hydrogen) atoms. The lowest BCUT2D eigenvalue weighted by atomic mass is 9.83. The Morgan fingerprint density at radius 1 is 1.36 bits per heavy atom. The number of benzene rings is 1. The van der Waals surface area contributed by atoms with Crippen LogP contribution in [-0.2, 0) is 0 Å². The van der Waals surface area contributed by atoms with E-state index in [0.717, 1.165) is 0 Å². The summed E-state index contributed by atoms with van der Waals surface area (Å²) in [7, 11) is 0. The molecule has 0 saturated carbocycles. The van der Waals surface area contributed by atoms with Gasteiger partial charge in [0, 0.05) is 11.6 Å². The van der Waals surface area contributed by atoms with E-state index < -0.39 is 0 Å². The second-order valence-corrected chi connectivity index (χ2v) is 4.55. The molecule has 0 heterocycles. The zero-order valence-corrected chi connectivity index (χ0v) is 8.71. The predicted molar refractivity (Wildman–Crippen MR) is 54.4 cm³/mol. The molecule has 0 aliphatic rings. The van der Waals surface area contributed by atoms with E-state index in [4.69, 9.17) is 5.73 Å². The summed E-state index contributed by atoms with van der Waals surface area (Å²) in [5, 5.41) is 9.52. The molecule has 2 nitrogen and oxygen atoms in total. The lowest BCUT2D eigenvalue weighted by molar-refractivity contribution is 0.316. The van der Waals surface area contributed by atoms with Gasteiger partial charge in [0.2, 0.25) is 0 Å². The molecule has 1 rings (SSSR count). The highest BCUT2D eigenvalue weighted by Gasteiger charge is 2.24. The normalized spacial score (nSPS) is 14.1. The van der Waals surface area contributed by atoms with Crippen molar-refractivity contribution in [2.45, 2.75) is 26.8 Å². The smallest absolute Gasteiger partial charge is 0.123 e. The minimum Gasteiger partial charge on any atom is -0.508 e. The highest BCUT2D eigenvalue weighted by molar-refractivity contribution is 5.35. The Hall–Kier alpha value is -1.09. The van der Waals surface area contributed by atoms with Gasteiger partial charge in [0.05, 0.1) is 0 Å². The summed E-state index contributed by atoms with van der Waals surface area (Å²) in [6, 6.07) is 3.45. The number of phenols is 1. The zero-order valence-electron chi connectivity index (χ0n) is 8.71. The molecular formula is C11H16FNO. The van der Waals surface area contributed by atoms with Gasteiger partial charge in [0.1, 0.15) is 11.6 Å². The van der Waals surface area contributed by atoms with E-state index in [0.29, 0.717) is 5.56 Å². The van der Waals surface area contributed by atoms with E-state index in [1.54, 1.807) is 0 Å². The fraction of sp³-hybridized carbons (Fsp3) is 0.455. The van der Waals surface area contributed by atoms with Crippen molar-refractivity contribution in [1.29, 1.82) is 0 Å². The summed E-state index contributed by atoms with van der Waals surface area (Å²) in [5.74, 6) is -0.327. The Bertz CT molecular complexity index is 331. The number of hydrogen-bond acceptors (Lipinski definition) is 2. The SMILES string of the molecule is CC(C)(C)C(N)c1cc(F)ccc1O. The number of phenolic OH excluding ortho intramolecular Hbond substituents is 1. The Morgan fingerprint density at radius 3 is 2.43 bits per heavy atom. The van der Waals surface area contributed by atoms with Crippen molar-refractivity contribution < 1.29 is 9.50 Å². The van der Waals surface area contributed by atoms with Crippen LogP contribution in [-0.4, -0.2) is 5.11 Å². The number of hydrogen-bond donors (Lipinski definition) is 2. The predicted octanol–water partition coefficient (Wildman–Crippen LogP) is 2.58. The van der Waals surface area contributed by atoms with Crippen LogP contribution >= 0.6 is 0 Å². The Morgan fingerprint density at radius 2 is 1.93 bits per heavy atom. The first-order valence-electron chi connectivity index (χ1n) is 4.56. The van der Waals surface area contributed by atoms with Gasteiger partial charge in [0.15, 0.2) is 0 Å². The van der Waals surface area contributed by atoms with Gasteiger partial charge >= 0.3 is 0 Å². The van der Waals surface area contributed by atoms with Crippen LogP contribution in [0.15, 0.2) is 18.2 Å². The molecule has 3 N–H and O–H groups in total. The minimum atomic E-state index is -0.377. The van der Waals surface area contributed by atoms with Crippen LogP contribution in [0.4, 0.5) is 4.39 Å². The van der Waals surface area contributed by atoms with Crippen molar-refractivity contribution in [2.75, 3.05) is 0 Å². The molecule has 0 aliphatic carbocycles. The van der Waals surface area contributed by atoms with Crippen LogP contribution in [0, 0.1) is 11.2 Å². The Labute approximate surface area is 83.6 Å². The molecule has 0 aromatic heterocycles. The third-order valence-electron chi connectivity index (χ3n) is 2.26. The van der Waals surface area contributed by atoms with Crippen LogP contribution in [0.3, 0.4) is 0 Å². The summed E-state index contributed by atoms with van der Waals surface area (Å²) in [4.78, 5) is 0. The lowest BCUT2D eigenvalue weighted by Gasteiger charge is -2.27. The third-order valence-corrected chi connectivity index (χ3v) is 2.26. The number of nitrogens with two attached hydrogens (primary N) is 1. The van der Waals surface area contributed by atoms with E-state index in [1.165, 1.54) is 18.2 Å². The first-order chi connectivity index (χ1) is 6.32. The van der Waals surface area contributed by atoms with Gasteiger partial charge in [-0.1, -0.05) is 20.8 Å². The molecule has 0 spiro atoms. The molecule has 0 amide bonds. The number of rotatable bonds is 1. The molecule has 78 valence electrons. The lowest BCUT2D eigenvalue weighted by Crippen LogP contribution is -2.26. The molecule has 0 saturated heterocycles. The van der Waals surface area contributed by atoms with Crippen LogP contribution in [0.25, 0.3) is 0 Å². The van der Waals surface area contributed by atoms with Crippen molar-refractivity contribution in [1.82, 2.24) is 0 Å². The number of aromatic hydroxyl groups is 1. The highest BCUT2D eigenvalue weighted by atomic mass is 19.1.